The van der Waals surface area contributed by atoms with Gasteiger partial charge in [0.1, 0.15) is 11.3 Å². The lowest BCUT2D eigenvalue weighted by molar-refractivity contribution is -0.141. The zero-order valence-electron chi connectivity index (χ0n) is 19.6. The first-order valence-electron chi connectivity index (χ1n) is 11.6. The molecule has 6 nitrogen and oxygen atoms in total. The van der Waals surface area contributed by atoms with E-state index >= 15 is 0 Å². The molecule has 6 heteroatoms. The second kappa shape index (κ2) is 8.34. The number of ether oxygens (including phenoxy) is 1. The van der Waals surface area contributed by atoms with Crippen LogP contribution in [0.3, 0.4) is 0 Å². The molecular formula is C27H30N2O4. The van der Waals surface area contributed by atoms with Gasteiger partial charge in [0.15, 0.2) is 6.10 Å². The van der Waals surface area contributed by atoms with Gasteiger partial charge < -0.3 is 14.1 Å². The molecule has 2 aromatic carbocycles. The molecular weight excluding hydrogens is 416 g/mol. The average molecular weight is 447 g/mol. The molecule has 2 aliphatic heterocycles. The van der Waals surface area contributed by atoms with Crippen molar-refractivity contribution in [3.63, 3.8) is 0 Å². The Kier molecular flexibility index (Phi) is 5.49. The molecule has 5 rings (SSSR count). The number of rotatable bonds is 4. The molecule has 33 heavy (non-hydrogen) atoms. The lowest BCUT2D eigenvalue weighted by Gasteiger charge is -2.39. The molecule has 0 radical (unpaired) electrons. The molecule has 0 N–H and O–H groups in total. The maximum Gasteiger partial charge on any atom is 0.336 e. The number of hydrogen-bond donors (Lipinski definition) is 0. The normalized spacial score (nSPS) is 21.4. The number of benzene rings is 2. The van der Waals surface area contributed by atoms with Gasteiger partial charge in [-0.25, -0.2) is 4.79 Å². The zero-order valence-corrected chi connectivity index (χ0v) is 19.6. The largest absolute Gasteiger partial charge is 0.481 e. The summed E-state index contributed by atoms with van der Waals surface area (Å²) in [7, 11) is 2.15. The van der Waals surface area contributed by atoms with E-state index in [1.165, 1.54) is 11.6 Å². The van der Waals surface area contributed by atoms with Gasteiger partial charge >= 0.3 is 5.63 Å². The standard InChI is InChI=1S/C27H30N2O4/c1-16-5-9-22(17(2)11-16)24-13-26(30)33-25-12-21(8-10-23(24)25)32-18(3)27(31)29-14-19-6-7-20(15-29)28(19)4/h5,8-13,18-20H,6-7,14-15H2,1-4H3/t18-,19?,20?/m1/s1. The minimum Gasteiger partial charge on any atom is -0.481 e. The van der Waals surface area contributed by atoms with Gasteiger partial charge in [-0.2, -0.15) is 0 Å². The maximum absolute atomic E-state index is 13.1. The summed E-state index contributed by atoms with van der Waals surface area (Å²) in [6.07, 6.45) is 1.68. The van der Waals surface area contributed by atoms with Crippen molar-refractivity contribution in [2.24, 2.45) is 0 Å². The average Bonchev–Trinajstić information content (AvgIpc) is 2.97. The highest BCUT2D eigenvalue weighted by molar-refractivity contribution is 5.94. The van der Waals surface area contributed by atoms with E-state index < -0.39 is 11.7 Å². The zero-order chi connectivity index (χ0) is 23.3. The SMILES string of the molecule is Cc1ccc(-c2cc(=O)oc3cc(O[C@H](C)C(=O)N4CC5CCC(C4)N5C)ccc23)c(C)c1. The first kappa shape index (κ1) is 21.7. The van der Waals surface area contributed by atoms with Crippen molar-refractivity contribution in [1.82, 2.24) is 9.80 Å². The molecule has 3 heterocycles. The second-order valence-electron chi connectivity index (χ2n) is 9.51. The van der Waals surface area contributed by atoms with E-state index in [1.807, 2.05) is 43.0 Å². The molecule has 2 unspecified atom stereocenters. The van der Waals surface area contributed by atoms with Gasteiger partial charge in [0.2, 0.25) is 0 Å². The molecule has 2 saturated heterocycles. The van der Waals surface area contributed by atoms with E-state index in [0.717, 1.165) is 48.0 Å². The Morgan fingerprint density at radius 3 is 2.45 bits per heavy atom. The smallest absolute Gasteiger partial charge is 0.336 e. The number of aryl methyl sites for hydroxylation is 2. The number of piperazine rings is 1. The van der Waals surface area contributed by atoms with Gasteiger partial charge in [0, 0.05) is 48.3 Å². The van der Waals surface area contributed by atoms with E-state index in [1.54, 1.807) is 13.0 Å². The van der Waals surface area contributed by atoms with Gasteiger partial charge in [-0.3, -0.25) is 9.69 Å². The summed E-state index contributed by atoms with van der Waals surface area (Å²) in [5.41, 5.74) is 4.15. The van der Waals surface area contributed by atoms with Crippen LogP contribution >= 0.6 is 0 Å². The van der Waals surface area contributed by atoms with Crippen molar-refractivity contribution in [3.8, 4) is 16.9 Å². The van der Waals surface area contributed by atoms with Crippen molar-refractivity contribution < 1.29 is 13.9 Å². The molecule has 1 aromatic heterocycles. The quantitative estimate of drug-likeness (QED) is 0.564. The first-order chi connectivity index (χ1) is 15.8. The van der Waals surface area contributed by atoms with Crippen LogP contribution in [-0.2, 0) is 4.79 Å². The van der Waals surface area contributed by atoms with E-state index in [0.29, 0.717) is 23.4 Å². The summed E-state index contributed by atoms with van der Waals surface area (Å²) in [5, 5.41) is 0.837. The summed E-state index contributed by atoms with van der Waals surface area (Å²) in [6, 6.07) is 14.0. The van der Waals surface area contributed by atoms with Crippen LogP contribution in [0.4, 0.5) is 0 Å². The van der Waals surface area contributed by atoms with Crippen LogP contribution in [0.1, 0.15) is 30.9 Å². The Hall–Kier alpha value is -3.12. The molecule has 1 amide bonds. The predicted octanol–water partition coefficient (Wildman–Crippen LogP) is 4.15. The Morgan fingerprint density at radius 1 is 1.03 bits per heavy atom. The van der Waals surface area contributed by atoms with Crippen LogP contribution < -0.4 is 10.4 Å². The van der Waals surface area contributed by atoms with E-state index in [2.05, 4.69) is 18.0 Å². The van der Waals surface area contributed by atoms with Gasteiger partial charge in [-0.1, -0.05) is 23.8 Å². The molecule has 0 aliphatic carbocycles. The summed E-state index contributed by atoms with van der Waals surface area (Å²) in [6.45, 7) is 7.39. The van der Waals surface area contributed by atoms with Crippen LogP contribution in [0, 0.1) is 13.8 Å². The van der Waals surface area contributed by atoms with E-state index in [9.17, 15) is 9.59 Å². The lowest BCUT2D eigenvalue weighted by atomic mass is 9.96. The Balaban J connectivity index is 1.39. The highest BCUT2D eigenvalue weighted by atomic mass is 16.5. The molecule has 0 saturated carbocycles. The molecule has 2 fully saturated rings. The van der Waals surface area contributed by atoms with E-state index in [-0.39, 0.29) is 5.91 Å². The van der Waals surface area contributed by atoms with Crippen molar-refractivity contribution in [2.45, 2.75) is 51.8 Å². The first-order valence-corrected chi connectivity index (χ1v) is 11.6. The van der Waals surface area contributed by atoms with Gasteiger partial charge in [0.05, 0.1) is 0 Å². The highest BCUT2D eigenvalue weighted by Crippen LogP contribution is 2.33. The maximum atomic E-state index is 13.1. The predicted molar refractivity (Wildman–Crippen MR) is 129 cm³/mol. The number of likely N-dealkylation sites (N-methyl/N-ethyl adjacent to an activating group) is 1. The van der Waals surface area contributed by atoms with Gasteiger partial charge in [-0.15, -0.1) is 0 Å². The molecule has 3 atom stereocenters. The minimum absolute atomic E-state index is 0.00517. The highest BCUT2D eigenvalue weighted by Gasteiger charge is 2.40. The number of carbonyl (C=O) groups is 1. The summed E-state index contributed by atoms with van der Waals surface area (Å²) < 4.78 is 11.5. The number of hydrogen-bond acceptors (Lipinski definition) is 5. The Bertz CT molecular complexity index is 1270. The summed E-state index contributed by atoms with van der Waals surface area (Å²) in [4.78, 5) is 29.7. The van der Waals surface area contributed by atoms with Crippen LogP contribution in [0.15, 0.2) is 51.7 Å². The fraction of sp³-hybridized carbons (Fsp3) is 0.407. The Labute approximate surface area is 193 Å². The third kappa shape index (κ3) is 4.04. The monoisotopic (exact) mass is 446 g/mol. The third-order valence-corrected chi connectivity index (χ3v) is 7.21. The number of amides is 1. The van der Waals surface area contributed by atoms with Gasteiger partial charge in [-0.05, 0) is 63.9 Å². The molecule has 2 aliphatic rings. The van der Waals surface area contributed by atoms with Crippen LogP contribution in [0.25, 0.3) is 22.1 Å². The van der Waals surface area contributed by atoms with E-state index in [4.69, 9.17) is 9.15 Å². The number of carbonyl (C=O) groups excluding carboxylic acids is 1. The summed E-state index contributed by atoms with van der Waals surface area (Å²) >= 11 is 0. The van der Waals surface area contributed by atoms with Crippen molar-refractivity contribution in [2.75, 3.05) is 20.1 Å². The van der Waals surface area contributed by atoms with Crippen LogP contribution in [0.2, 0.25) is 0 Å². The number of likely N-dealkylation sites (tertiary alicyclic amines) is 1. The third-order valence-electron chi connectivity index (χ3n) is 7.21. The molecule has 3 aromatic rings. The second-order valence-corrected chi connectivity index (χ2v) is 9.51. The van der Waals surface area contributed by atoms with Gasteiger partial charge in [0.25, 0.3) is 5.91 Å². The van der Waals surface area contributed by atoms with Crippen LogP contribution in [0.5, 0.6) is 5.75 Å². The lowest BCUT2D eigenvalue weighted by Crippen LogP contribution is -2.56. The fourth-order valence-electron chi connectivity index (χ4n) is 5.36. The number of nitrogens with zero attached hydrogens (tertiary/aromatic N) is 2. The molecule has 172 valence electrons. The fourth-order valence-corrected chi connectivity index (χ4v) is 5.36. The summed E-state index contributed by atoms with van der Waals surface area (Å²) in [5.74, 6) is 0.520. The molecule has 0 spiro atoms. The van der Waals surface area contributed by atoms with Crippen molar-refractivity contribution in [1.29, 1.82) is 0 Å². The van der Waals surface area contributed by atoms with Crippen LogP contribution in [-0.4, -0.2) is 54.0 Å². The minimum atomic E-state index is -0.612. The topological polar surface area (TPSA) is 63.0 Å². The Morgan fingerprint density at radius 2 is 1.76 bits per heavy atom. The number of fused-ring (bicyclic) bond motifs is 3. The van der Waals surface area contributed by atoms with Crippen molar-refractivity contribution in [3.05, 3.63) is 64.0 Å². The van der Waals surface area contributed by atoms with Crippen molar-refractivity contribution >= 4 is 16.9 Å². The molecule has 2 bridgehead atoms.